The molecule has 0 aromatic carbocycles. The van der Waals surface area contributed by atoms with Crippen LogP contribution in [-0.4, -0.2) is 25.1 Å². The van der Waals surface area contributed by atoms with Gasteiger partial charge in [0.15, 0.2) is 14.1 Å². The van der Waals surface area contributed by atoms with Crippen molar-refractivity contribution in [3.8, 4) is 0 Å². The van der Waals surface area contributed by atoms with E-state index in [1.165, 1.54) is 0 Å². The second-order valence-corrected chi connectivity index (χ2v) is 13.4. The van der Waals surface area contributed by atoms with Crippen LogP contribution in [0.15, 0.2) is 12.2 Å². The Morgan fingerprint density at radius 3 is 2.35 bits per heavy atom. The Morgan fingerprint density at radius 1 is 1.45 bits per heavy atom. The lowest BCUT2D eigenvalue weighted by Crippen LogP contribution is -2.55. The summed E-state index contributed by atoms with van der Waals surface area (Å²) >= 11 is 6.53. The van der Waals surface area contributed by atoms with E-state index in [-0.39, 0.29) is 22.8 Å². The topological polar surface area (TPSA) is 26.3 Å². The molecule has 3 atom stereocenters. The number of hydrogen-bond acceptors (Lipinski definition) is 2. The van der Waals surface area contributed by atoms with Gasteiger partial charge in [0.25, 0.3) is 0 Å². The smallest absolute Gasteiger partial charge is 0.192 e. The maximum Gasteiger partial charge on any atom is 0.192 e. The second-order valence-electron chi connectivity index (χ2n) is 7.85. The molecule has 0 amide bonds. The van der Waals surface area contributed by atoms with Crippen molar-refractivity contribution < 1.29 is 9.22 Å². The number of carbonyl (C=O) groups is 1. The van der Waals surface area contributed by atoms with Crippen LogP contribution in [0, 0.1) is 5.92 Å². The van der Waals surface area contributed by atoms with Crippen molar-refractivity contribution in [2.24, 2.45) is 5.92 Å². The summed E-state index contributed by atoms with van der Waals surface area (Å²) in [5, 5.41) is 0.110. The Balaban J connectivity index is 3.01. The molecule has 0 saturated heterocycles. The first-order valence-electron chi connectivity index (χ1n) is 7.34. The maximum absolute atomic E-state index is 12.3. The molecule has 0 radical (unpaired) electrons. The van der Waals surface area contributed by atoms with Crippen molar-refractivity contribution in [1.82, 2.24) is 0 Å². The van der Waals surface area contributed by atoms with E-state index in [1.807, 2.05) is 13.8 Å². The van der Waals surface area contributed by atoms with Crippen molar-refractivity contribution in [2.45, 2.75) is 76.6 Å². The summed E-state index contributed by atoms with van der Waals surface area (Å²) in [6.45, 7) is 18.8. The van der Waals surface area contributed by atoms with Crippen molar-refractivity contribution >= 4 is 25.7 Å². The highest BCUT2D eigenvalue weighted by Gasteiger charge is 2.50. The van der Waals surface area contributed by atoms with E-state index >= 15 is 0 Å². The third kappa shape index (κ3) is 3.55. The minimum atomic E-state index is -1.94. The summed E-state index contributed by atoms with van der Waals surface area (Å²) in [7, 11) is -1.94. The second kappa shape index (κ2) is 5.58. The molecule has 0 aliphatic heterocycles. The van der Waals surface area contributed by atoms with Crippen LogP contribution < -0.4 is 0 Å². The first kappa shape index (κ1) is 17.9. The molecule has 4 heteroatoms. The van der Waals surface area contributed by atoms with Gasteiger partial charge >= 0.3 is 0 Å². The molecular weight excluding hydrogens is 288 g/mol. The highest BCUT2D eigenvalue weighted by atomic mass is 35.5. The molecule has 116 valence electrons. The van der Waals surface area contributed by atoms with Gasteiger partial charge in [-0.2, -0.15) is 0 Å². The van der Waals surface area contributed by atoms with Crippen molar-refractivity contribution in [2.75, 3.05) is 0 Å². The fraction of sp³-hybridized carbons (Fsp3) is 0.812. The molecule has 0 spiro atoms. The van der Waals surface area contributed by atoms with Gasteiger partial charge in [-0.3, -0.25) is 4.79 Å². The predicted octanol–water partition coefficient (Wildman–Crippen LogP) is 4.93. The molecule has 0 bridgehead atoms. The molecule has 1 fully saturated rings. The summed E-state index contributed by atoms with van der Waals surface area (Å²) in [6, 6.07) is 0. The van der Waals surface area contributed by atoms with Crippen LogP contribution in [0.25, 0.3) is 0 Å². The zero-order valence-electron chi connectivity index (χ0n) is 14.0. The molecule has 2 nitrogen and oxygen atoms in total. The lowest BCUT2D eigenvalue weighted by molar-refractivity contribution is -0.127. The van der Waals surface area contributed by atoms with E-state index in [0.717, 1.165) is 12.0 Å². The SMILES string of the molecule is C=C(C)[C@@H]1CC(=O)[C@](C)(Cl)[C@@H](O[Si](C)(C)C(C)(C)C)C1. The van der Waals surface area contributed by atoms with E-state index in [1.54, 1.807) is 0 Å². The summed E-state index contributed by atoms with van der Waals surface area (Å²) in [6.07, 6.45) is 1.08. The Hall–Kier alpha value is -0.123. The fourth-order valence-electron chi connectivity index (χ4n) is 2.23. The van der Waals surface area contributed by atoms with Crippen LogP contribution in [0.1, 0.15) is 47.5 Å². The highest BCUT2D eigenvalue weighted by molar-refractivity contribution is 6.74. The maximum atomic E-state index is 12.3. The third-order valence-electron chi connectivity index (χ3n) is 5.02. The molecule has 1 aliphatic rings. The Bertz CT molecular complexity index is 407. The van der Waals surface area contributed by atoms with Gasteiger partial charge in [-0.1, -0.05) is 32.9 Å². The normalized spacial score (nSPS) is 32.3. The highest BCUT2D eigenvalue weighted by Crippen LogP contribution is 2.44. The summed E-state index contributed by atoms with van der Waals surface area (Å²) in [5.74, 6) is 0.284. The first-order chi connectivity index (χ1) is 8.79. The molecule has 20 heavy (non-hydrogen) atoms. The average Bonchev–Trinajstić information content (AvgIpc) is 2.22. The lowest BCUT2D eigenvalue weighted by atomic mass is 9.76. The van der Waals surface area contributed by atoms with Crippen molar-refractivity contribution in [3.63, 3.8) is 0 Å². The predicted molar refractivity (Wildman–Crippen MR) is 88.9 cm³/mol. The zero-order chi connectivity index (χ0) is 15.9. The summed E-state index contributed by atoms with van der Waals surface area (Å²) in [5.41, 5.74) is 1.05. The van der Waals surface area contributed by atoms with Gasteiger partial charge in [-0.25, -0.2) is 0 Å². The zero-order valence-corrected chi connectivity index (χ0v) is 15.7. The van der Waals surface area contributed by atoms with E-state index < -0.39 is 13.2 Å². The lowest BCUT2D eigenvalue weighted by Gasteiger charge is -2.46. The van der Waals surface area contributed by atoms with Crippen molar-refractivity contribution in [1.29, 1.82) is 0 Å². The molecule has 0 heterocycles. The van der Waals surface area contributed by atoms with Gasteiger partial charge in [0.2, 0.25) is 0 Å². The minimum Gasteiger partial charge on any atom is -0.412 e. The van der Waals surface area contributed by atoms with E-state index in [0.29, 0.717) is 6.42 Å². The van der Waals surface area contributed by atoms with E-state index in [9.17, 15) is 4.79 Å². The van der Waals surface area contributed by atoms with Gasteiger partial charge in [0, 0.05) is 6.42 Å². The van der Waals surface area contributed by atoms with Crippen LogP contribution in [0.2, 0.25) is 18.1 Å². The quantitative estimate of drug-likeness (QED) is 0.419. The number of alkyl halides is 1. The van der Waals surface area contributed by atoms with Gasteiger partial charge in [0.05, 0.1) is 6.10 Å². The van der Waals surface area contributed by atoms with Crippen LogP contribution in [0.3, 0.4) is 0 Å². The number of rotatable bonds is 3. The monoisotopic (exact) mass is 316 g/mol. The summed E-state index contributed by atoms with van der Waals surface area (Å²) in [4.78, 5) is 11.4. The molecular formula is C16H29ClO2Si. The number of carbonyl (C=O) groups excluding carboxylic acids is 1. The molecule has 1 aliphatic carbocycles. The number of hydrogen-bond donors (Lipinski definition) is 0. The summed E-state index contributed by atoms with van der Waals surface area (Å²) < 4.78 is 6.45. The van der Waals surface area contributed by atoms with Crippen molar-refractivity contribution in [3.05, 3.63) is 12.2 Å². The van der Waals surface area contributed by atoms with Gasteiger partial charge in [-0.15, -0.1) is 11.6 Å². The molecule has 0 aromatic heterocycles. The molecule has 1 saturated carbocycles. The van der Waals surface area contributed by atoms with Crippen LogP contribution >= 0.6 is 11.6 Å². The van der Waals surface area contributed by atoms with Gasteiger partial charge in [-0.05, 0) is 44.3 Å². The van der Waals surface area contributed by atoms with E-state index in [4.69, 9.17) is 16.0 Å². The number of allylic oxidation sites excluding steroid dienone is 1. The fourth-order valence-corrected chi connectivity index (χ4v) is 3.91. The molecule has 0 aromatic rings. The van der Waals surface area contributed by atoms with Crippen LogP contribution in [-0.2, 0) is 9.22 Å². The Kier molecular flexibility index (Phi) is 5.00. The van der Waals surface area contributed by atoms with Gasteiger partial charge in [0.1, 0.15) is 4.87 Å². The number of ketones is 1. The standard InChI is InChI=1S/C16H29ClO2Si/c1-11(2)12-9-13(18)16(6,17)14(10-12)19-20(7,8)15(3,4)5/h12,14H,1,9-10H2,2-8H3/t12-,14+,16+/m1/s1. The number of halogens is 1. The van der Waals surface area contributed by atoms with Crippen LogP contribution in [0.5, 0.6) is 0 Å². The Morgan fingerprint density at radius 2 is 1.95 bits per heavy atom. The number of Topliss-reactive ketones (excluding diaryl/α,β-unsaturated/α-hetero) is 1. The molecule has 1 rings (SSSR count). The van der Waals surface area contributed by atoms with Gasteiger partial charge < -0.3 is 4.43 Å². The van der Waals surface area contributed by atoms with Crippen LogP contribution in [0.4, 0.5) is 0 Å². The molecule has 0 N–H and O–H groups in total. The minimum absolute atomic E-state index is 0.0853. The first-order valence-corrected chi connectivity index (χ1v) is 10.6. The largest absolute Gasteiger partial charge is 0.412 e. The average molecular weight is 317 g/mol. The third-order valence-corrected chi connectivity index (χ3v) is 9.96. The van der Waals surface area contributed by atoms with E-state index in [2.05, 4.69) is 40.4 Å². The molecule has 0 unspecified atom stereocenters. The Labute approximate surface area is 130 Å².